The van der Waals surface area contributed by atoms with Crippen molar-refractivity contribution >= 4 is 11.9 Å². The molecule has 0 spiro atoms. The molecule has 0 aromatic heterocycles. The van der Waals surface area contributed by atoms with Crippen LogP contribution in [-0.2, 0) is 9.53 Å². The number of hydrogen-bond acceptors (Lipinski definition) is 4. The summed E-state index contributed by atoms with van der Waals surface area (Å²) < 4.78 is 10.4. The minimum absolute atomic E-state index is 0.313. The maximum absolute atomic E-state index is 12.2. The molecule has 0 heterocycles. The van der Waals surface area contributed by atoms with Crippen LogP contribution < -0.4 is 10.1 Å². The van der Waals surface area contributed by atoms with E-state index in [1.54, 1.807) is 19.1 Å². The first-order valence-corrected chi connectivity index (χ1v) is 6.81. The van der Waals surface area contributed by atoms with E-state index in [1.165, 1.54) is 7.11 Å². The molecule has 0 saturated heterocycles. The minimum Gasteiger partial charge on any atom is -0.496 e. The highest BCUT2D eigenvalue weighted by atomic mass is 16.5. The molecule has 0 radical (unpaired) electrons. The fourth-order valence-corrected chi connectivity index (χ4v) is 1.73. The number of carbonyl (C=O) groups is 2. The molecule has 1 rings (SSSR count). The summed E-state index contributed by atoms with van der Waals surface area (Å²) in [4.78, 5) is 24.1. The van der Waals surface area contributed by atoms with Gasteiger partial charge in [0.05, 0.1) is 7.11 Å². The van der Waals surface area contributed by atoms with E-state index < -0.39 is 12.1 Å². The van der Waals surface area contributed by atoms with Crippen molar-refractivity contribution in [3.63, 3.8) is 0 Å². The zero-order valence-corrected chi connectivity index (χ0v) is 13.4. The first-order chi connectivity index (χ1) is 9.64. The van der Waals surface area contributed by atoms with Crippen LogP contribution in [0.2, 0.25) is 0 Å². The van der Waals surface area contributed by atoms with E-state index in [-0.39, 0.29) is 11.4 Å². The number of ether oxygens (including phenoxy) is 2. The van der Waals surface area contributed by atoms with Gasteiger partial charge in [0.25, 0.3) is 5.91 Å². The van der Waals surface area contributed by atoms with Gasteiger partial charge in [0.2, 0.25) is 0 Å². The summed E-state index contributed by atoms with van der Waals surface area (Å²) in [6.45, 7) is 9.00. The van der Waals surface area contributed by atoms with Gasteiger partial charge in [0.1, 0.15) is 11.3 Å². The number of hydrogen-bond donors (Lipinski definition) is 1. The monoisotopic (exact) mass is 293 g/mol. The Morgan fingerprint density at radius 3 is 2.38 bits per heavy atom. The number of carbonyl (C=O) groups excluding carboxylic acids is 2. The van der Waals surface area contributed by atoms with E-state index in [0.717, 1.165) is 5.56 Å². The SMILES string of the molecule is COc1ccc(C)cc1C(=O)O[C@H](C)C(=O)NC(C)(C)C. The molecular formula is C16H23NO4. The molecule has 1 N–H and O–H groups in total. The van der Waals surface area contributed by atoms with Crippen molar-refractivity contribution in [2.24, 2.45) is 0 Å². The molecule has 0 aliphatic carbocycles. The molecule has 0 aliphatic heterocycles. The van der Waals surface area contributed by atoms with Gasteiger partial charge in [-0.3, -0.25) is 4.79 Å². The maximum Gasteiger partial charge on any atom is 0.342 e. The predicted molar refractivity (Wildman–Crippen MR) is 80.5 cm³/mol. The lowest BCUT2D eigenvalue weighted by molar-refractivity contribution is -0.130. The first-order valence-electron chi connectivity index (χ1n) is 6.81. The normalized spacial score (nSPS) is 12.5. The van der Waals surface area contributed by atoms with Crippen LogP contribution in [0.15, 0.2) is 18.2 Å². The van der Waals surface area contributed by atoms with Crippen LogP contribution >= 0.6 is 0 Å². The van der Waals surface area contributed by atoms with Crippen molar-refractivity contribution in [3.8, 4) is 5.75 Å². The van der Waals surface area contributed by atoms with Crippen LogP contribution in [0, 0.1) is 6.92 Å². The van der Waals surface area contributed by atoms with Gasteiger partial charge >= 0.3 is 5.97 Å². The van der Waals surface area contributed by atoms with Crippen LogP contribution in [0.3, 0.4) is 0 Å². The van der Waals surface area contributed by atoms with Crippen LogP contribution in [0.1, 0.15) is 43.6 Å². The summed E-state index contributed by atoms with van der Waals surface area (Å²) in [5.74, 6) is -0.483. The third-order valence-electron chi connectivity index (χ3n) is 2.73. The fraction of sp³-hybridized carbons (Fsp3) is 0.500. The van der Waals surface area contributed by atoms with Crippen LogP contribution in [-0.4, -0.2) is 30.6 Å². The molecule has 1 atom stereocenters. The number of benzene rings is 1. The number of methoxy groups -OCH3 is 1. The Kier molecular flexibility index (Phi) is 5.35. The Morgan fingerprint density at radius 2 is 1.86 bits per heavy atom. The number of rotatable bonds is 4. The Hall–Kier alpha value is -2.04. The van der Waals surface area contributed by atoms with Crippen molar-refractivity contribution < 1.29 is 19.1 Å². The Labute approximate surface area is 125 Å². The summed E-state index contributed by atoms with van der Waals surface area (Å²) in [6.07, 6.45) is -0.873. The Morgan fingerprint density at radius 1 is 1.24 bits per heavy atom. The van der Waals surface area contributed by atoms with Crippen LogP contribution in [0.25, 0.3) is 0 Å². The zero-order valence-electron chi connectivity index (χ0n) is 13.4. The average molecular weight is 293 g/mol. The van der Waals surface area contributed by atoms with Gasteiger partial charge in [0, 0.05) is 5.54 Å². The van der Waals surface area contributed by atoms with E-state index in [2.05, 4.69) is 5.32 Å². The van der Waals surface area contributed by atoms with Gasteiger partial charge in [0.15, 0.2) is 6.10 Å². The van der Waals surface area contributed by atoms with Crippen molar-refractivity contribution in [1.82, 2.24) is 5.32 Å². The van der Waals surface area contributed by atoms with E-state index in [9.17, 15) is 9.59 Å². The summed E-state index contributed by atoms with van der Waals surface area (Å²) >= 11 is 0. The minimum atomic E-state index is -0.873. The number of amides is 1. The number of nitrogens with one attached hydrogen (secondary N) is 1. The quantitative estimate of drug-likeness (QED) is 0.866. The topological polar surface area (TPSA) is 64.6 Å². The second kappa shape index (κ2) is 6.61. The lowest BCUT2D eigenvalue weighted by atomic mass is 10.1. The van der Waals surface area contributed by atoms with E-state index >= 15 is 0 Å². The molecule has 0 fully saturated rings. The molecule has 0 bridgehead atoms. The molecule has 1 aromatic carbocycles. The number of esters is 1. The van der Waals surface area contributed by atoms with Gasteiger partial charge in [-0.15, -0.1) is 0 Å². The smallest absolute Gasteiger partial charge is 0.342 e. The predicted octanol–water partition coefficient (Wildman–Crippen LogP) is 2.46. The molecule has 5 heteroatoms. The van der Waals surface area contributed by atoms with E-state index in [1.807, 2.05) is 33.8 Å². The van der Waals surface area contributed by atoms with Gasteiger partial charge < -0.3 is 14.8 Å². The van der Waals surface area contributed by atoms with Crippen molar-refractivity contribution in [3.05, 3.63) is 29.3 Å². The molecule has 5 nitrogen and oxygen atoms in total. The summed E-state index contributed by atoms with van der Waals surface area (Å²) in [5.41, 5.74) is 0.848. The maximum atomic E-state index is 12.2. The highest BCUT2D eigenvalue weighted by Crippen LogP contribution is 2.21. The molecule has 0 saturated carbocycles. The molecule has 1 amide bonds. The summed E-state index contributed by atoms with van der Waals surface area (Å²) in [5, 5.41) is 2.77. The van der Waals surface area contributed by atoms with Crippen molar-refractivity contribution in [2.75, 3.05) is 7.11 Å². The lowest BCUT2D eigenvalue weighted by Gasteiger charge is -2.23. The van der Waals surface area contributed by atoms with Gasteiger partial charge in [-0.25, -0.2) is 4.79 Å². The highest BCUT2D eigenvalue weighted by molar-refractivity contribution is 5.94. The van der Waals surface area contributed by atoms with E-state index in [4.69, 9.17) is 9.47 Å². The largest absolute Gasteiger partial charge is 0.496 e. The Balaban J connectivity index is 2.81. The van der Waals surface area contributed by atoms with Crippen LogP contribution in [0.4, 0.5) is 0 Å². The van der Waals surface area contributed by atoms with Crippen LogP contribution in [0.5, 0.6) is 5.75 Å². The average Bonchev–Trinajstić information content (AvgIpc) is 2.36. The van der Waals surface area contributed by atoms with Crippen molar-refractivity contribution in [1.29, 1.82) is 0 Å². The molecule has 1 aromatic rings. The van der Waals surface area contributed by atoms with Crippen molar-refractivity contribution in [2.45, 2.75) is 46.3 Å². The molecule has 116 valence electrons. The van der Waals surface area contributed by atoms with Gasteiger partial charge in [-0.2, -0.15) is 0 Å². The summed E-state index contributed by atoms with van der Waals surface area (Å²) in [7, 11) is 1.48. The third kappa shape index (κ3) is 5.10. The highest BCUT2D eigenvalue weighted by Gasteiger charge is 2.24. The zero-order chi connectivity index (χ0) is 16.2. The molecule has 21 heavy (non-hydrogen) atoms. The number of aryl methyl sites for hydroxylation is 1. The lowest BCUT2D eigenvalue weighted by Crippen LogP contribution is -2.46. The third-order valence-corrected chi connectivity index (χ3v) is 2.73. The van der Waals surface area contributed by atoms with E-state index in [0.29, 0.717) is 11.3 Å². The van der Waals surface area contributed by atoms with Gasteiger partial charge in [-0.05, 0) is 46.8 Å². The fourth-order valence-electron chi connectivity index (χ4n) is 1.73. The molecule has 0 aliphatic rings. The molecule has 0 unspecified atom stereocenters. The molecular weight excluding hydrogens is 270 g/mol. The summed E-state index contributed by atoms with van der Waals surface area (Å²) in [6, 6.07) is 5.22. The van der Waals surface area contributed by atoms with Gasteiger partial charge in [-0.1, -0.05) is 11.6 Å². The first kappa shape index (κ1) is 17.0. The second-order valence-electron chi connectivity index (χ2n) is 5.99. The standard InChI is InChI=1S/C16H23NO4/c1-10-7-8-13(20-6)12(9-10)15(19)21-11(2)14(18)17-16(3,4)5/h7-9,11H,1-6H3,(H,17,18)/t11-/m1/s1. The Bertz CT molecular complexity index is 532. The second-order valence-corrected chi connectivity index (χ2v) is 5.99.